The third kappa shape index (κ3) is 1.75. The van der Waals surface area contributed by atoms with Crippen molar-refractivity contribution in [3.8, 4) is 0 Å². The molecule has 0 bridgehead atoms. The quantitative estimate of drug-likeness (QED) is 0.501. The second-order valence-electron chi connectivity index (χ2n) is 2.36. The zero-order valence-corrected chi connectivity index (χ0v) is 6.47. The van der Waals surface area contributed by atoms with Crippen molar-refractivity contribution in [2.75, 3.05) is 7.05 Å². The smallest absolute Gasteiger partial charge is 0.0667 e. The summed E-state index contributed by atoms with van der Waals surface area (Å²) in [6.45, 7) is 1.99. The maximum absolute atomic E-state index is 4.30. The first-order valence-corrected chi connectivity index (χ1v) is 3.25. The predicted octanol–water partition coefficient (Wildman–Crippen LogP) is 1.12. The van der Waals surface area contributed by atoms with E-state index in [-0.39, 0.29) is 4.75 Å². The molecule has 0 N–H and O–H groups in total. The van der Waals surface area contributed by atoms with Gasteiger partial charge in [-0.25, -0.2) is 0 Å². The van der Waals surface area contributed by atoms with Crippen LogP contribution < -0.4 is 0 Å². The Bertz CT molecular complexity index is 144. The molecule has 0 saturated heterocycles. The van der Waals surface area contributed by atoms with Gasteiger partial charge < -0.3 is 0 Å². The third-order valence-corrected chi connectivity index (χ3v) is 1.39. The summed E-state index contributed by atoms with van der Waals surface area (Å²) in [5.74, 6) is 0. The molecule has 1 rings (SSSR count). The van der Waals surface area contributed by atoms with Gasteiger partial charge in [0.1, 0.15) is 0 Å². The van der Waals surface area contributed by atoms with E-state index in [1.165, 1.54) is 0 Å². The molecule has 0 radical (unpaired) electrons. The minimum atomic E-state index is -0.160. The molecule has 1 unspecified atom stereocenters. The van der Waals surface area contributed by atoms with Crippen LogP contribution in [0.1, 0.15) is 6.92 Å². The van der Waals surface area contributed by atoms with Crippen LogP contribution in [0.15, 0.2) is 17.4 Å². The van der Waals surface area contributed by atoms with Crippen molar-refractivity contribution in [3.05, 3.63) is 12.3 Å². The van der Waals surface area contributed by atoms with Crippen molar-refractivity contribution < 1.29 is 0 Å². The minimum Gasteiger partial charge on any atom is -0.276 e. The number of hydrogen-bond acceptors (Lipinski definition) is 3. The van der Waals surface area contributed by atoms with E-state index < -0.39 is 0 Å². The van der Waals surface area contributed by atoms with E-state index in [1.54, 1.807) is 11.2 Å². The summed E-state index contributed by atoms with van der Waals surface area (Å²) in [4.78, 5) is 0. The normalized spacial score (nSPS) is 33.4. The largest absolute Gasteiger partial charge is 0.276 e. The molecule has 1 heterocycles. The monoisotopic (exact) mass is 142 g/mol. The highest BCUT2D eigenvalue weighted by molar-refractivity contribution is 7.82. The summed E-state index contributed by atoms with van der Waals surface area (Å²) in [5, 5.41) is 5.78. The Kier molecular flexibility index (Phi) is 1.53. The Morgan fingerprint density at radius 2 is 2.33 bits per heavy atom. The van der Waals surface area contributed by atoms with E-state index in [4.69, 9.17) is 0 Å². The lowest BCUT2D eigenvalue weighted by atomic mass is 10.2. The lowest BCUT2D eigenvalue weighted by Crippen LogP contribution is -2.22. The van der Waals surface area contributed by atoms with Crippen LogP contribution in [-0.4, -0.2) is 23.0 Å². The van der Waals surface area contributed by atoms with Gasteiger partial charge >= 0.3 is 0 Å². The molecule has 0 aromatic heterocycles. The van der Waals surface area contributed by atoms with Crippen molar-refractivity contribution in [2.45, 2.75) is 11.7 Å². The lowest BCUT2D eigenvalue weighted by molar-refractivity contribution is 0.480. The molecule has 9 heavy (non-hydrogen) atoms. The Balaban J connectivity index is 2.70. The van der Waals surface area contributed by atoms with Gasteiger partial charge in [0, 0.05) is 19.5 Å². The summed E-state index contributed by atoms with van der Waals surface area (Å²) < 4.78 is -0.160. The first-order chi connectivity index (χ1) is 4.10. The molecule has 0 aliphatic carbocycles. The first kappa shape index (κ1) is 6.68. The van der Waals surface area contributed by atoms with Crippen LogP contribution >= 0.6 is 12.6 Å². The molecule has 0 amide bonds. The van der Waals surface area contributed by atoms with Gasteiger partial charge in [0.15, 0.2) is 0 Å². The maximum Gasteiger partial charge on any atom is 0.0667 e. The summed E-state index contributed by atoms with van der Waals surface area (Å²) in [6.07, 6.45) is 5.69. The molecule has 0 fully saturated rings. The topological polar surface area (TPSA) is 15.6 Å². The second-order valence-corrected chi connectivity index (χ2v) is 3.32. The van der Waals surface area contributed by atoms with Gasteiger partial charge in [-0.1, -0.05) is 0 Å². The SMILES string of the molecule is CN1C=CC(C)(S)C=N1. The standard InChI is InChI=1S/C6H10N2S/c1-6(9)3-4-8(2)7-5-6/h3-5,9H,1-2H3. The summed E-state index contributed by atoms with van der Waals surface area (Å²) in [6, 6.07) is 0. The molecule has 1 atom stereocenters. The van der Waals surface area contributed by atoms with Gasteiger partial charge in [0.2, 0.25) is 0 Å². The fourth-order valence-corrected chi connectivity index (χ4v) is 0.667. The van der Waals surface area contributed by atoms with Crippen LogP contribution in [0.5, 0.6) is 0 Å². The maximum atomic E-state index is 4.30. The molecule has 1 aliphatic rings. The van der Waals surface area contributed by atoms with Gasteiger partial charge in [-0.05, 0) is 13.0 Å². The van der Waals surface area contributed by atoms with Crippen molar-refractivity contribution in [3.63, 3.8) is 0 Å². The fraction of sp³-hybridized carbons (Fsp3) is 0.500. The second kappa shape index (κ2) is 2.06. The van der Waals surface area contributed by atoms with Gasteiger partial charge in [-0.3, -0.25) is 5.01 Å². The Morgan fingerprint density at radius 3 is 2.67 bits per heavy atom. The van der Waals surface area contributed by atoms with Gasteiger partial charge in [0.05, 0.1) is 4.75 Å². The van der Waals surface area contributed by atoms with Crippen LogP contribution in [0.2, 0.25) is 0 Å². The molecular weight excluding hydrogens is 132 g/mol. The van der Waals surface area contributed by atoms with Crippen molar-refractivity contribution in [2.24, 2.45) is 5.10 Å². The number of hydrazone groups is 1. The molecule has 3 heteroatoms. The highest BCUT2D eigenvalue weighted by atomic mass is 32.1. The van der Waals surface area contributed by atoms with Gasteiger partial charge in [0.25, 0.3) is 0 Å². The molecule has 50 valence electrons. The van der Waals surface area contributed by atoms with Crippen LogP contribution in [0, 0.1) is 0 Å². The van der Waals surface area contributed by atoms with E-state index in [9.17, 15) is 0 Å². The van der Waals surface area contributed by atoms with E-state index >= 15 is 0 Å². The van der Waals surface area contributed by atoms with Gasteiger partial charge in [-0.2, -0.15) is 17.7 Å². The van der Waals surface area contributed by atoms with Crippen LogP contribution in [0.3, 0.4) is 0 Å². The Hall–Kier alpha value is -0.440. The molecule has 0 spiro atoms. The van der Waals surface area contributed by atoms with Gasteiger partial charge in [-0.15, -0.1) is 0 Å². The average Bonchev–Trinajstić information content (AvgIpc) is 1.78. The third-order valence-electron chi connectivity index (χ3n) is 1.13. The number of rotatable bonds is 0. The van der Waals surface area contributed by atoms with E-state index in [2.05, 4.69) is 17.7 Å². The van der Waals surface area contributed by atoms with E-state index in [1.807, 2.05) is 26.2 Å². The number of nitrogens with zero attached hydrogens (tertiary/aromatic N) is 2. The zero-order valence-electron chi connectivity index (χ0n) is 5.57. The Morgan fingerprint density at radius 1 is 1.67 bits per heavy atom. The first-order valence-electron chi connectivity index (χ1n) is 2.80. The lowest BCUT2D eigenvalue weighted by Gasteiger charge is -2.20. The highest BCUT2D eigenvalue weighted by Crippen LogP contribution is 2.15. The van der Waals surface area contributed by atoms with Crippen molar-refractivity contribution in [1.29, 1.82) is 0 Å². The zero-order chi connectivity index (χ0) is 6.91. The molecule has 0 aromatic carbocycles. The minimum absolute atomic E-state index is 0.160. The van der Waals surface area contributed by atoms with E-state index in [0.717, 1.165) is 0 Å². The average molecular weight is 142 g/mol. The number of hydrogen-bond donors (Lipinski definition) is 1. The van der Waals surface area contributed by atoms with Crippen molar-refractivity contribution in [1.82, 2.24) is 5.01 Å². The molecule has 0 aromatic rings. The molecule has 0 saturated carbocycles. The predicted molar refractivity (Wildman–Crippen MR) is 42.8 cm³/mol. The Labute approximate surface area is 60.6 Å². The van der Waals surface area contributed by atoms with Crippen LogP contribution in [0.4, 0.5) is 0 Å². The summed E-state index contributed by atoms with van der Waals surface area (Å²) >= 11 is 4.30. The molecule has 1 aliphatic heterocycles. The summed E-state index contributed by atoms with van der Waals surface area (Å²) in [7, 11) is 1.88. The van der Waals surface area contributed by atoms with Crippen LogP contribution in [-0.2, 0) is 0 Å². The van der Waals surface area contributed by atoms with Crippen LogP contribution in [0.25, 0.3) is 0 Å². The van der Waals surface area contributed by atoms with E-state index in [0.29, 0.717) is 0 Å². The number of thiol groups is 1. The fourth-order valence-electron chi connectivity index (χ4n) is 0.548. The molecular formula is C6H10N2S. The summed E-state index contributed by atoms with van der Waals surface area (Å²) in [5.41, 5.74) is 0. The molecule has 2 nitrogen and oxygen atoms in total. The van der Waals surface area contributed by atoms with Crippen molar-refractivity contribution >= 4 is 18.8 Å². The highest BCUT2D eigenvalue weighted by Gasteiger charge is 2.14.